The number of nitrogens with one attached hydrogen (secondary N) is 2. The van der Waals surface area contributed by atoms with Crippen molar-refractivity contribution in [2.24, 2.45) is 4.99 Å². The van der Waals surface area contributed by atoms with Gasteiger partial charge in [0.15, 0.2) is 5.96 Å². The molecule has 0 aliphatic heterocycles. The molecule has 2 atom stereocenters. The summed E-state index contributed by atoms with van der Waals surface area (Å²) >= 11 is 2.00. The Kier molecular flexibility index (Phi) is 7.72. The maximum atomic E-state index is 4.76. The number of aromatic nitrogens is 1. The summed E-state index contributed by atoms with van der Waals surface area (Å²) in [5, 5.41) is 7.81. The number of aliphatic imine (C=N–C) groups is 1. The van der Waals surface area contributed by atoms with E-state index in [0.29, 0.717) is 6.04 Å². The molecule has 1 fully saturated rings. The number of pyridine rings is 1. The van der Waals surface area contributed by atoms with E-state index in [-0.39, 0.29) is 0 Å². The third-order valence-corrected chi connectivity index (χ3v) is 5.53. The van der Waals surface area contributed by atoms with Gasteiger partial charge in [-0.25, -0.2) is 0 Å². The van der Waals surface area contributed by atoms with Crippen LogP contribution in [0.5, 0.6) is 0 Å². The second kappa shape index (κ2) is 9.81. The van der Waals surface area contributed by atoms with Gasteiger partial charge in [0.1, 0.15) is 0 Å². The van der Waals surface area contributed by atoms with E-state index in [0.717, 1.165) is 30.7 Å². The summed E-state index contributed by atoms with van der Waals surface area (Å²) in [6.07, 6.45) is 12.1. The molecule has 5 heteroatoms. The van der Waals surface area contributed by atoms with Crippen molar-refractivity contribution >= 4 is 17.7 Å². The molecule has 2 rings (SSSR count). The summed E-state index contributed by atoms with van der Waals surface area (Å²) in [6.45, 7) is 5.94. The van der Waals surface area contributed by atoms with E-state index in [9.17, 15) is 0 Å². The van der Waals surface area contributed by atoms with Crippen molar-refractivity contribution in [1.29, 1.82) is 0 Å². The van der Waals surface area contributed by atoms with E-state index in [1.807, 2.05) is 24.2 Å². The van der Waals surface area contributed by atoms with Gasteiger partial charge in [-0.1, -0.05) is 6.42 Å². The van der Waals surface area contributed by atoms with Crippen molar-refractivity contribution in [2.75, 3.05) is 19.3 Å². The Hall–Kier alpha value is -1.23. The molecule has 2 unspecified atom stereocenters. The highest BCUT2D eigenvalue weighted by atomic mass is 32.2. The van der Waals surface area contributed by atoms with E-state index >= 15 is 0 Å². The highest BCUT2D eigenvalue weighted by Crippen LogP contribution is 2.26. The summed E-state index contributed by atoms with van der Waals surface area (Å²) < 4.78 is 0. The molecule has 23 heavy (non-hydrogen) atoms. The zero-order chi connectivity index (χ0) is 16.5. The Balaban J connectivity index is 1.88. The molecular formula is C18H30N4S. The van der Waals surface area contributed by atoms with Crippen molar-refractivity contribution in [3.05, 3.63) is 29.6 Å². The summed E-state index contributed by atoms with van der Waals surface area (Å²) in [7, 11) is 0. The fourth-order valence-electron chi connectivity index (χ4n) is 3.07. The summed E-state index contributed by atoms with van der Waals surface area (Å²) in [5.41, 5.74) is 2.58. The van der Waals surface area contributed by atoms with Gasteiger partial charge < -0.3 is 10.6 Å². The van der Waals surface area contributed by atoms with Crippen LogP contribution in [0.4, 0.5) is 0 Å². The predicted octanol–water partition coefficient (Wildman–Crippen LogP) is 3.16. The molecule has 0 spiro atoms. The van der Waals surface area contributed by atoms with Crippen LogP contribution in [0, 0.1) is 6.92 Å². The maximum Gasteiger partial charge on any atom is 0.191 e. The molecule has 1 aromatic rings. The van der Waals surface area contributed by atoms with Crippen LogP contribution in [0.1, 0.15) is 43.7 Å². The number of rotatable bonds is 6. The number of guanidine groups is 1. The number of thioether (sulfide) groups is 1. The second-order valence-corrected chi connectivity index (χ2v) is 7.32. The predicted molar refractivity (Wildman–Crippen MR) is 101 cm³/mol. The first-order valence-electron chi connectivity index (χ1n) is 8.70. The minimum absolute atomic E-state index is 0.557. The van der Waals surface area contributed by atoms with Gasteiger partial charge >= 0.3 is 0 Å². The van der Waals surface area contributed by atoms with E-state index in [1.165, 1.54) is 36.8 Å². The Labute approximate surface area is 145 Å². The van der Waals surface area contributed by atoms with E-state index in [1.54, 1.807) is 0 Å². The first-order chi connectivity index (χ1) is 11.2. The Morgan fingerprint density at radius 3 is 3.04 bits per heavy atom. The van der Waals surface area contributed by atoms with Crippen molar-refractivity contribution in [2.45, 2.75) is 57.2 Å². The number of nitrogens with zero attached hydrogens (tertiary/aromatic N) is 2. The number of aryl methyl sites for hydroxylation is 1. The van der Waals surface area contributed by atoms with Gasteiger partial charge in [0.25, 0.3) is 0 Å². The number of hydrogen-bond donors (Lipinski definition) is 2. The smallest absolute Gasteiger partial charge is 0.191 e. The SMILES string of the molecule is CCNC(=NCCc1ccncc1C)NC1CCCC(SC)C1. The Morgan fingerprint density at radius 2 is 2.30 bits per heavy atom. The molecule has 0 aromatic carbocycles. The molecule has 128 valence electrons. The third-order valence-electron chi connectivity index (χ3n) is 4.43. The quantitative estimate of drug-likeness (QED) is 0.620. The van der Waals surface area contributed by atoms with E-state index < -0.39 is 0 Å². The molecule has 0 saturated heterocycles. The van der Waals surface area contributed by atoms with Crippen molar-refractivity contribution in [3.63, 3.8) is 0 Å². The van der Waals surface area contributed by atoms with Crippen LogP contribution in [-0.4, -0.2) is 41.6 Å². The third kappa shape index (κ3) is 6.05. The first kappa shape index (κ1) is 18.1. The lowest BCUT2D eigenvalue weighted by Crippen LogP contribution is -2.45. The van der Waals surface area contributed by atoms with Gasteiger partial charge in [-0.05, 0) is 63.0 Å². The van der Waals surface area contributed by atoms with Crippen LogP contribution in [0.15, 0.2) is 23.5 Å². The normalized spacial score (nSPS) is 22.0. The van der Waals surface area contributed by atoms with Crippen LogP contribution in [0.2, 0.25) is 0 Å². The van der Waals surface area contributed by atoms with Gasteiger partial charge in [0, 0.05) is 36.8 Å². The summed E-state index contributed by atoms with van der Waals surface area (Å²) in [4.78, 5) is 8.91. The van der Waals surface area contributed by atoms with Crippen molar-refractivity contribution in [1.82, 2.24) is 15.6 Å². The fourth-order valence-corrected chi connectivity index (χ4v) is 3.90. The lowest BCUT2D eigenvalue weighted by atomic mass is 9.95. The average molecular weight is 335 g/mol. The topological polar surface area (TPSA) is 49.3 Å². The maximum absolute atomic E-state index is 4.76. The molecule has 4 nitrogen and oxygen atoms in total. The monoisotopic (exact) mass is 334 g/mol. The van der Waals surface area contributed by atoms with Gasteiger partial charge in [-0.15, -0.1) is 0 Å². The molecule has 1 aromatic heterocycles. The lowest BCUT2D eigenvalue weighted by Gasteiger charge is -2.29. The van der Waals surface area contributed by atoms with Gasteiger partial charge in [0.05, 0.1) is 0 Å². The van der Waals surface area contributed by atoms with Crippen LogP contribution in [-0.2, 0) is 6.42 Å². The molecule has 1 saturated carbocycles. The summed E-state index contributed by atoms with van der Waals surface area (Å²) in [6, 6.07) is 2.65. The van der Waals surface area contributed by atoms with Gasteiger partial charge in [0.2, 0.25) is 0 Å². The lowest BCUT2D eigenvalue weighted by molar-refractivity contribution is 0.419. The van der Waals surface area contributed by atoms with Crippen molar-refractivity contribution in [3.8, 4) is 0 Å². The van der Waals surface area contributed by atoms with Crippen LogP contribution < -0.4 is 10.6 Å². The molecular weight excluding hydrogens is 304 g/mol. The molecule has 0 bridgehead atoms. The van der Waals surface area contributed by atoms with Gasteiger partial charge in [-0.2, -0.15) is 11.8 Å². The molecule has 0 radical (unpaired) electrons. The van der Waals surface area contributed by atoms with E-state index in [2.05, 4.69) is 41.8 Å². The molecule has 1 aliphatic rings. The minimum Gasteiger partial charge on any atom is -0.357 e. The van der Waals surface area contributed by atoms with Crippen LogP contribution in [0.3, 0.4) is 0 Å². The zero-order valence-electron chi connectivity index (χ0n) is 14.6. The van der Waals surface area contributed by atoms with Crippen LogP contribution in [0.25, 0.3) is 0 Å². The standard InChI is InChI=1S/C18H30N4S/c1-4-20-18(22-16-6-5-7-17(12-16)23-3)21-11-9-15-8-10-19-13-14(15)2/h8,10,13,16-17H,4-7,9,11-12H2,1-3H3,(H2,20,21,22). The van der Waals surface area contributed by atoms with Crippen molar-refractivity contribution < 1.29 is 0 Å². The van der Waals surface area contributed by atoms with Gasteiger partial charge in [-0.3, -0.25) is 9.98 Å². The Bertz CT molecular complexity index is 504. The van der Waals surface area contributed by atoms with Crippen LogP contribution >= 0.6 is 11.8 Å². The highest BCUT2D eigenvalue weighted by molar-refractivity contribution is 7.99. The minimum atomic E-state index is 0.557. The highest BCUT2D eigenvalue weighted by Gasteiger charge is 2.21. The molecule has 0 amide bonds. The number of hydrogen-bond acceptors (Lipinski definition) is 3. The molecule has 2 N–H and O–H groups in total. The Morgan fingerprint density at radius 1 is 1.43 bits per heavy atom. The fraction of sp³-hybridized carbons (Fsp3) is 0.667. The largest absolute Gasteiger partial charge is 0.357 e. The first-order valence-corrected chi connectivity index (χ1v) is 9.98. The second-order valence-electron chi connectivity index (χ2n) is 6.18. The summed E-state index contributed by atoms with van der Waals surface area (Å²) in [5.74, 6) is 0.964. The molecule has 1 heterocycles. The molecule has 1 aliphatic carbocycles. The zero-order valence-corrected chi connectivity index (χ0v) is 15.5. The average Bonchev–Trinajstić information content (AvgIpc) is 2.57. The van der Waals surface area contributed by atoms with E-state index in [4.69, 9.17) is 4.99 Å².